The SMILES string of the molecule is C=C[C@@]1(C)CC(=O)[C@]2(O)[C@@]3(C)[C@@H](O)CCC(C)(C)[C@@H]3[C@H](OC(=O)CCCN3CCOCC3)[C@H](O)[C@@]2(C)O1.Cl.O.O. The Kier molecular flexibility index (Phi) is 11.6. The second kappa shape index (κ2) is 12.6. The number of fused-ring (bicyclic) bond motifs is 3. The maximum absolute atomic E-state index is 13.8. The van der Waals surface area contributed by atoms with Crippen molar-refractivity contribution < 1.29 is 50.1 Å². The van der Waals surface area contributed by atoms with E-state index in [1.54, 1.807) is 13.8 Å². The molecule has 0 aromatic carbocycles. The van der Waals surface area contributed by atoms with E-state index in [2.05, 4.69) is 11.5 Å². The van der Waals surface area contributed by atoms with E-state index in [-0.39, 0.29) is 36.2 Å². The molecule has 7 N–H and O–H groups in total. The number of esters is 1. The summed E-state index contributed by atoms with van der Waals surface area (Å²) in [6, 6.07) is 0. The van der Waals surface area contributed by atoms with E-state index in [9.17, 15) is 24.9 Å². The summed E-state index contributed by atoms with van der Waals surface area (Å²) in [5.41, 5.74) is -7.16. The number of aliphatic hydroxyl groups excluding tert-OH is 2. The summed E-state index contributed by atoms with van der Waals surface area (Å²) >= 11 is 0. The maximum atomic E-state index is 13.8. The zero-order valence-electron chi connectivity index (χ0n) is 24.4. The highest BCUT2D eigenvalue weighted by Gasteiger charge is 2.81. The predicted molar refractivity (Wildman–Crippen MR) is 150 cm³/mol. The van der Waals surface area contributed by atoms with E-state index >= 15 is 0 Å². The minimum Gasteiger partial charge on any atom is -0.459 e. The second-order valence-electron chi connectivity index (χ2n) is 12.8. The number of morpholine rings is 1. The normalized spacial score (nSPS) is 42.5. The molecule has 40 heavy (non-hydrogen) atoms. The van der Waals surface area contributed by atoms with Gasteiger partial charge in [0, 0.05) is 37.3 Å². The molecule has 4 rings (SSSR count). The summed E-state index contributed by atoms with van der Waals surface area (Å²) in [4.78, 5) is 29.2. The highest BCUT2D eigenvalue weighted by atomic mass is 35.5. The van der Waals surface area contributed by atoms with Gasteiger partial charge in [-0.05, 0) is 45.1 Å². The van der Waals surface area contributed by atoms with Crippen LogP contribution in [0.15, 0.2) is 12.7 Å². The van der Waals surface area contributed by atoms with Crippen LogP contribution < -0.4 is 0 Å². The van der Waals surface area contributed by atoms with E-state index in [0.29, 0.717) is 32.5 Å². The summed E-state index contributed by atoms with van der Waals surface area (Å²) in [5, 5.41) is 35.6. The van der Waals surface area contributed by atoms with Crippen molar-refractivity contribution in [1.82, 2.24) is 4.90 Å². The van der Waals surface area contributed by atoms with Gasteiger partial charge in [0.1, 0.15) is 17.8 Å². The molecule has 0 aromatic heterocycles. The molecule has 0 aromatic rings. The molecule has 2 aliphatic heterocycles. The first-order valence-corrected chi connectivity index (χ1v) is 13.6. The third-order valence-corrected chi connectivity index (χ3v) is 9.96. The maximum Gasteiger partial charge on any atom is 0.306 e. The number of Topliss-reactive ketones (excluding diaryl/α,β-unsaturated/α-hetero) is 1. The Morgan fingerprint density at radius 1 is 1.15 bits per heavy atom. The molecule has 0 amide bonds. The van der Waals surface area contributed by atoms with Crippen LogP contribution in [0.5, 0.6) is 0 Å². The van der Waals surface area contributed by atoms with Crippen LogP contribution in [0.1, 0.15) is 66.7 Å². The predicted octanol–water partition coefficient (Wildman–Crippen LogP) is 0.385. The summed E-state index contributed by atoms with van der Waals surface area (Å²) in [5.74, 6) is -1.67. The summed E-state index contributed by atoms with van der Waals surface area (Å²) in [6.07, 6.45) is -0.604. The van der Waals surface area contributed by atoms with Gasteiger partial charge < -0.3 is 40.5 Å². The van der Waals surface area contributed by atoms with E-state index in [0.717, 1.165) is 19.6 Å². The standard InChI is InChI=1S/C28H45NO8.ClH.2H2O/c1-7-25(4)17-19(31)28(34)26(5)18(30)10-11-24(2,3)22(26)21(23(33)27(28,6)37-25)36-20(32)9-8-12-29-13-15-35-16-14-29;;;/h7,18,21-23,30,33-34H,1,8-17H2,2-6H3;1H;2*1H2/t18-,21-,22-,23-,25-,26-,27+,28-;;;/m0.../s1. The van der Waals surface area contributed by atoms with Gasteiger partial charge in [0.15, 0.2) is 11.4 Å². The number of carbonyl (C=O) groups excluding carboxylic acids is 2. The third-order valence-electron chi connectivity index (χ3n) is 9.96. The molecule has 0 unspecified atom stereocenters. The lowest BCUT2D eigenvalue weighted by molar-refractivity contribution is -0.370. The lowest BCUT2D eigenvalue weighted by Crippen LogP contribution is -2.86. The lowest BCUT2D eigenvalue weighted by atomic mass is 9.40. The smallest absolute Gasteiger partial charge is 0.306 e. The second-order valence-corrected chi connectivity index (χ2v) is 12.8. The van der Waals surface area contributed by atoms with E-state index in [1.165, 1.54) is 13.0 Å². The molecule has 11 nitrogen and oxygen atoms in total. The van der Waals surface area contributed by atoms with Crippen molar-refractivity contribution in [1.29, 1.82) is 0 Å². The highest BCUT2D eigenvalue weighted by Crippen LogP contribution is 2.67. The fourth-order valence-electron chi connectivity index (χ4n) is 7.89. The van der Waals surface area contributed by atoms with E-state index in [4.69, 9.17) is 14.2 Å². The molecule has 2 aliphatic carbocycles. The number of halogens is 1. The molecular weight excluding hydrogens is 546 g/mol. The number of ether oxygens (including phenoxy) is 3. The van der Waals surface area contributed by atoms with Crippen LogP contribution >= 0.6 is 12.4 Å². The lowest BCUT2D eigenvalue weighted by Gasteiger charge is -2.71. The van der Waals surface area contributed by atoms with Crippen LogP contribution in [0.4, 0.5) is 0 Å². The van der Waals surface area contributed by atoms with Crippen molar-refractivity contribution in [3.63, 3.8) is 0 Å². The summed E-state index contributed by atoms with van der Waals surface area (Å²) in [6.45, 7) is 16.4. The van der Waals surface area contributed by atoms with Crippen molar-refractivity contribution in [3.8, 4) is 0 Å². The molecule has 4 fully saturated rings. The molecule has 2 saturated carbocycles. The molecule has 2 saturated heterocycles. The van der Waals surface area contributed by atoms with Gasteiger partial charge >= 0.3 is 5.97 Å². The highest BCUT2D eigenvalue weighted by molar-refractivity contribution is 5.92. The Hall–Kier alpha value is -1.15. The van der Waals surface area contributed by atoms with Crippen molar-refractivity contribution >= 4 is 24.2 Å². The zero-order chi connectivity index (χ0) is 27.4. The molecule has 12 heteroatoms. The molecule has 234 valence electrons. The van der Waals surface area contributed by atoms with Crippen LogP contribution in [0.25, 0.3) is 0 Å². The number of hydrogen-bond acceptors (Lipinski definition) is 9. The van der Waals surface area contributed by atoms with Crippen LogP contribution in [-0.4, -0.2) is 111 Å². The van der Waals surface area contributed by atoms with Crippen molar-refractivity contribution in [2.45, 2.75) is 102 Å². The van der Waals surface area contributed by atoms with Gasteiger partial charge in [0.2, 0.25) is 0 Å². The summed E-state index contributed by atoms with van der Waals surface area (Å²) in [7, 11) is 0. The van der Waals surface area contributed by atoms with Gasteiger partial charge in [-0.1, -0.05) is 26.8 Å². The first-order valence-electron chi connectivity index (χ1n) is 13.6. The molecule has 0 radical (unpaired) electrons. The largest absolute Gasteiger partial charge is 0.459 e. The topological polar surface area (TPSA) is 189 Å². The Labute approximate surface area is 243 Å². The average Bonchev–Trinajstić information content (AvgIpc) is 2.83. The number of rotatable bonds is 6. The Bertz CT molecular complexity index is 929. The first kappa shape index (κ1) is 36.9. The number of carbonyl (C=O) groups is 2. The minimum atomic E-state index is -2.21. The van der Waals surface area contributed by atoms with Crippen LogP contribution in [0.3, 0.4) is 0 Å². The third kappa shape index (κ3) is 5.49. The molecule has 2 heterocycles. The first-order chi connectivity index (χ1) is 17.2. The Morgan fingerprint density at radius 3 is 2.33 bits per heavy atom. The van der Waals surface area contributed by atoms with Gasteiger partial charge in [-0.3, -0.25) is 14.5 Å². The Balaban J connectivity index is 0.00000267. The summed E-state index contributed by atoms with van der Waals surface area (Å²) < 4.78 is 17.8. The van der Waals surface area contributed by atoms with Crippen LogP contribution in [-0.2, 0) is 23.8 Å². The van der Waals surface area contributed by atoms with E-state index in [1.807, 2.05) is 13.8 Å². The van der Waals surface area contributed by atoms with Crippen molar-refractivity contribution in [2.24, 2.45) is 16.7 Å². The zero-order valence-corrected chi connectivity index (χ0v) is 25.2. The minimum absolute atomic E-state index is 0. The van der Waals surface area contributed by atoms with Gasteiger partial charge in [0.25, 0.3) is 0 Å². The average molecular weight is 596 g/mol. The quantitative estimate of drug-likeness (QED) is 0.288. The van der Waals surface area contributed by atoms with Gasteiger partial charge in [-0.15, -0.1) is 19.0 Å². The van der Waals surface area contributed by atoms with Crippen molar-refractivity contribution in [3.05, 3.63) is 12.7 Å². The molecule has 8 atom stereocenters. The fraction of sp³-hybridized carbons (Fsp3) is 0.857. The monoisotopic (exact) mass is 595 g/mol. The molecule has 4 aliphatic rings. The van der Waals surface area contributed by atoms with E-state index < -0.39 is 63.6 Å². The van der Waals surface area contributed by atoms with Crippen molar-refractivity contribution in [2.75, 3.05) is 32.8 Å². The number of hydrogen-bond donors (Lipinski definition) is 3. The van der Waals surface area contributed by atoms with Gasteiger partial charge in [-0.25, -0.2) is 0 Å². The number of nitrogens with zero attached hydrogens (tertiary/aromatic N) is 1. The number of aliphatic hydroxyl groups is 3. The van der Waals surface area contributed by atoms with Crippen LogP contribution in [0, 0.1) is 16.7 Å². The Morgan fingerprint density at radius 2 is 1.75 bits per heavy atom. The number of ketones is 1. The van der Waals surface area contributed by atoms with Gasteiger partial charge in [0.05, 0.1) is 24.9 Å². The fourth-order valence-corrected chi connectivity index (χ4v) is 7.89. The van der Waals surface area contributed by atoms with Crippen LogP contribution in [0.2, 0.25) is 0 Å². The molecular formula is C28H50ClNO10. The molecule has 0 bridgehead atoms. The molecule has 0 spiro atoms. The van der Waals surface area contributed by atoms with Gasteiger partial charge in [-0.2, -0.15) is 0 Å².